The number of hydrogen-bond donors (Lipinski definition) is 2. The summed E-state index contributed by atoms with van der Waals surface area (Å²) in [4.78, 5) is 0.163. The fraction of sp³-hybridized carbons (Fsp3) is 0.455. The molecule has 1 aromatic carbocycles. The topological polar surface area (TPSA) is 81.4 Å². The lowest BCUT2D eigenvalue weighted by Crippen LogP contribution is -2.19. The zero-order chi connectivity index (χ0) is 12.9. The number of methoxy groups -OCH3 is 1. The first-order valence-corrected chi connectivity index (χ1v) is 6.94. The van der Waals surface area contributed by atoms with E-state index in [-0.39, 0.29) is 4.90 Å². The van der Waals surface area contributed by atoms with Crippen molar-refractivity contribution >= 4 is 10.0 Å². The van der Waals surface area contributed by atoms with E-state index in [1.807, 2.05) is 6.92 Å². The summed E-state index contributed by atoms with van der Waals surface area (Å²) < 4.78 is 27.9. The van der Waals surface area contributed by atoms with Crippen LogP contribution in [0.4, 0.5) is 0 Å². The van der Waals surface area contributed by atoms with Gasteiger partial charge in [0.25, 0.3) is 0 Å². The number of nitrogens with one attached hydrogen (secondary N) is 1. The van der Waals surface area contributed by atoms with Crippen molar-refractivity contribution in [2.75, 3.05) is 20.2 Å². The van der Waals surface area contributed by atoms with Gasteiger partial charge in [0.2, 0.25) is 10.0 Å². The van der Waals surface area contributed by atoms with Crippen LogP contribution in [-0.2, 0) is 16.4 Å². The highest BCUT2D eigenvalue weighted by Crippen LogP contribution is 2.21. The molecule has 0 saturated heterocycles. The minimum atomic E-state index is -3.68. The highest BCUT2D eigenvalue weighted by Gasteiger charge is 2.14. The first-order chi connectivity index (χ1) is 7.99. The Morgan fingerprint density at radius 1 is 1.41 bits per heavy atom. The molecule has 0 aliphatic rings. The van der Waals surface area contributed by atoms with Crippen LogP contribution in [0.15, 0.2) is 23.1 Å². The molecule has 0 aliphatic heterocycles. The van der Waals surface area contributed by atoms with Crippen LogP contribution in [0.2, 0.25) is 0 Å². The molecule has 0 spiro atoms. The lowest BCUT2D eigenvalue weighted by Gasteiger charge is -2.10. The molecule has 0 amide bonds. The third-order valence-corrected chi connectivity index (χ3v) is 3.41. The highest BCUT2D eigenvalue weighted by atomic mass is 32.2. The van der Waals surface area contributed by atoms with E-state index >= 15 is 0 Å². The van der Waals surface area contributed by atoms with Gasteiger partial charge in [-0.1, -0.05) is 6.92 Å². The number of primary sulfonamides is 1. The van der Waals surface area contributed by atoms with Crippen molar-refractivity contribution in [3.63, 3.8) is 0 Å². The quantitative estimate of drug-likeness (QED) is 0.728. The second kappa shape index (κ2) is 6.00. The molecule has 0 fully saturated rings. The van der Waals surface area contributed by atoms with Gasteiger partial charge in [-0.25, -0.2) is 13.6 Å². The maximum atomic E-state index is 11.4. The molecule has 96 valence electrons. The minimum Gasteiger partial charge on any atom is -0.497 e. The maximum absolute atomic E-state index is 11.4. The molecule has 0 atom stereocenters. The van der Waals surface area contributed by atoms with Crippen molar-refractivity contribution in [3.8, 4) is 5.75 Å². The number of rotatable bonds is 6. The number of likely N-dealkylation sites (N-methyl/N-ethyl adjacent to an activating group) is 1. The van der Waals surface area contributed by atoms with Crippen molar-refractivity contribution in [2.24, 2.45) is 5.14 Å². The molecular formula is C11H18N2O3S. The Hall–Kier alpha value is -1.11. The van der Waals surface area contributed by atoms with E-state index < -0.39 is 10.0 Å². The van der Waals surface area contributed by atoms with Gasteiger partial charge < -0.3 is 10.1 Å². The van der Waals surface area contributed by atoms with Crippen LogP contribution in [0.25, 0.3) is 0 Å². The van der Waals surface area contributed by atoms with E-state index in [4.69, 9.17) is 9.88 Å². The molecule has 0 aliphatic carbocycles. The zero-order valence-corrected chi connectivity index (χ0v) is 10.9. The molecule has 0 heterocycles. The van der Waals surface area contributed by atoms with Crippen LogP contribution in [0.3, 0.4) is 0 Å². The summed E-state index contributed by atoms with van der Waals surface area (Å²) in [6.45, 7) is 3.53. The Labute approximate surface area is 102 Å². The lowest BCUT2D eigenvalue weighted by molar-refractivity contribution is 0.413. The summed E-state index contributed by atoms with van der Waals surface area (Å²) in [7, 11) is -2.14. The van der Waals surface area contributed by atoms with Crippen LogP contribution in [0.5, 0.6) is 5.75 Å². The van der Waals surface area contributed by atoms with Crippen LogP contribution in [-0.4, -0.2) is 28.6 Å². The van der Waals surface area contributed by atoms with Crippen LogP contribution < -0.4 is 15.2 Å². The summed E-state index contributed by atoms with van der Waals surface area (Å²) in [6.07, 6.45) is 0.594. The molecule has 0 unspecified atom stereocenters. The van der Waals surface area contributed by atoms with Crippen LogP contribution in [0, 0.1) is 0 Å². The molecule has 0 radical (unpaired) electrons. The van der Waals surface area contributed by atoms with E-state index in [2.05, 4.69) is 5.32 Å². The fourth-order valence-electron chi connectivity index (χ4n) is 1.56. The molecule has 5 nitrogen and oxygen atoms in total. The van der Waals surface area contributed by atoms with Crippen molar-refractivity contribution in [3.05, 3.63) is 23.8 Å². The fourth-order valence-corrected chi connectivity index (χ4v) is 2.34. The molecule has 0 aromatic heterocycles. The van der Waals surface area contributed by atoms with Gasteiger partial charge in [0, 0.05) is 0 Å². The Kier molecular flexibility index (Phi) is 4.92. The average Bonchev–Trinajstić information content (AvgIpc) is 2.28. The van der Waals surface area contributed by atoms with Gasteiger partial charge in [0.15, 0.2) is 0 Å². The van der Waals surface area contributed by atoms with Gasteiger partial charge in [-0.15, -0.1) is 0 Å². The largest absolute Gasteiger partial charge is 0.497 e. The van der Waals surface area contributed by atoms with Crippen molar-refractivity contribution in [2.45, 2.75) is 18.2 Å². The molecule has 0 bridgehead atoms. The first-order valence-electron chi connectivity index (χ1n) is 5.39. The average molecular weight is 258 g/mol. The lowest BCUT2D eigenvalue weighted by atomic mass is 10.1. The minimum absolute atomic E-state index is 0.163. The van der Waals surface area contributed by atoms with E-state index in [1.54, 1.807) is 19.2 Å². The van der Waals surface area contributed by atoms with Gasteiger partial charge in [-0.3, -0.25) is 0 Å². The predicted molar refractivity (Wildman–Crippen MR) is 66.6 cm³/mol. The number of hydrogen-bond acceptors (Lipinski definition) is 4. The Balaban J connectivity index is 3.04. The number of ether oxygens (including phenoxy) is 1. The zero-order valence-electron chi connectivity index (χ0n) is 10.1. The Bertz CT molecular complexity index is 472. The molecule has 17 heavy (non-hydrogen) atoms. The predicted octanol–water partition coefficient (Wildman–Crippen LogP) is 0.495. The molecule has 0 saturated carbocycles. The van der Waals surface area contributed by atoms with Crippen LogP contribution in [0.1, 0.15) is 12.5 Å². The van der Waals surface area contributed by atoms with Crippen molar-refractivity contribution < 1.29 is 13.2 Å². The van der Waals surface area contributed by atoms with Crippen LogP contribution >= 0.6 is 0 Å². The van der Waals surface area contributed by atoms with Gasteiger partial charge in [-0.05, 0) is 43.3 Å². The first kappa shape index (κ1) is 14.0. The second-order valence-electron chi connectivity index (χ2n) is 3.62. The van der Waals surface area contributed by atoms with E-state index in [9.17, 15) is 8.42 Å². The molecule has 1 aromatic rings. The van der Waals surface area contributed by atoms with Gasteiger partial charge in [0.1, 0.15) is 5.75 Å². The molecule has 1 rings (SSSR count). The normalized spacial score (nSPS) is 11.5. The number of sulfonamides is 1. The molecule has 3 N–H and O–H groups in total. The molecule has 6 heteroatoms. The standard InChI is InChI=1S/C11H18N2O3S/c1-3-13-7-6-9-8-10(16-2)4-5-11(9)17(12,14)15/h4-5,8,13H,3,6-7H2,1-2H3,(H2,12,14,15). The monoisotopic (exact) mass is 258 g/mol. The van der Waals surface area contributed by atoms with E-state index in [1.165, 1.54) is 6.07 Å². The van der Waals surface area contributed by atoms with Gasteiger partial charge >= 0.3 is 0 Å². The summed E-state index contributed by atoms with van der Waals surface area (Å²) in [5.41, 5.74) is 0.674. The number of benzene rings is 1. The second-order valence-corrected chi connectivity index (χ2v) is 5.15. The summed E-state index contributed by atoms with van der Waals surface area (Å²) in [5.74, 6) is 0.629. The van der Waals surface area contributed by atoms with Gasteiger partial charge in [-0.2, -0.15) is 0 Å². The van der Waals surface area contributed by atoms with E-state index in [0.29, 0.717) is 24.3 Å². The maximum Gasteiger partial charge on any atom is 0.238 e. The summed E-state index contributed by atoms with van der Waals surface area (Å²) in [6, 6.07) is 4.78. The SMILES string of the molecule is CCNCCc1cc(OC)ccc1S(N)(=O)=O. The Morgan fingerprint density at radius 3 is 2.65 bits per heavy atom. The van der Waals surface area contributed by atoms with E-state index in [0.717, 1.165) is 6.54 Å². The van der Waals surface area contributed by atoms with Crippen molar-refractivity contribution in [1.29, 1.82) is 0 Å². The third-order valence-electron chi connectivity index (χ3n) is 2.40. The summed E-state index contributed by atoms with van der Waals surface area (Å²) in [5, 5.41) is 8.30. The number of nitrogens with two attached hydrogens (primary N) is 1. The smallest absolute Gasteiger partial charge is 0.238 e. The third kappa shape index (κ3) is 3.99. The summed E-state index contributed by atoms with van der Waals surface area (Å²) >= 11 is 0. The highest BCUT2D eigenvalue weighted by molar-refractivity contribution is 7.89. The molecular weight excluding hydrogens is 240 g/mol. The Morgan fingerprint density at radius 2 is 2.12 bits per heavy atom. The van der Waals surface area contributed by atoms with Crippen molar-refractivity contribution in [1.82, 2.24) is 5.32 Å². The van der Waals surface area contributed by atoms with Gasteiger partial charge in [0.05, 0.1) is 12.0 Å².